The standard InChI is InChI=1S/C54H106N6O7/c1-5-9-13-17-21-25-29-33-37-57(45-50(55)63)52(65)47-59(39-35-31-27-23-19-15-11-7-3)54(67)49-60(40-36-32-28-24-20-16-12-8-4)53(66)48-58(38-34-30-26-22-18-14-10-6-2)51(64)46-56(41-43-61)42-44-62/h61-62H,5-49H2,1-4H3,(H2,55,63). The summed E-state index contributed by atoms with van der Waals surface area (Å²) in [6.07, 6.45) is 34.8. The molecule has 0 aliphatic heterocycles. The first-order valence-corrected chi connectivity index (χ1v) is 27.9. The van der Waals surface area contributed by atoms with Gasteiger partial charge in [0.1, 0.15) is 0 Å². The van der Waals surface area contributed by atoms with Crippen LogP contribution in [0.4, 0.5) is 0 Å². The Balaban J connectivity index is 6.36. The van der Waals surface area contributed by atoms with Crippen molar-refractivity contribution in [2.45, 2.75) is 233 Å². The van der Waals surface area contributed by atoms with Crippen LogP contribution in [0.15, 0.2) is 0 Å². The lowest BCUT2D eigenvalue weighted by molar-refractivity contribution is -0.146. The van der Waals surface area contributed by atoms with Crippen molar-refractivity contribution in [1.82, 2.24) is 24.5 Å². The number of hydrogen-bond acceptors (Lipinski definition) is 8. The number of amides is 5. The van der Waals surface area contributed by atoms with E-state index in [0.717, 1.165) is 103 Å². The molecule has 67 heavy (non-hydrogen) atoms. The number of rotatable bonds is 50. The largest absolute Gasteiger partial charge is 0.395 e. The average molecular weight is 951 g/mol. The summed E-state index contributed by atoms with van der Waals surface area (Å²) in [5, 5.41) is 19.3. The SMILES string of the molecule is CCCCCCCCCCN(CC(N)=O)C(=O)CN(CCCCCCCCCC)C(=O)CN(CCCCCCCCCC)C(=O)CN(CCCCCCCCCC)C(=O)CN(CCO)CCO. The van der Waals surface area contributed by atoms with Crippen LogP contribution in [0.2, 0.25) is 0 Å². The Hall–Kier alpha value is -2.77. The zero-order valence-electron chi connectivity index (χ0n) is 44.1. The second kappa shape index (κ2) is 46.9. The number of hydrogen-bond donors (Lipinski definition) is 3. The number of nitrogens with two attached hydrogens (primary N) is 1. The number of unbranched alkanes of at least 4 members (excludes halogenated alkanes) is 28. The Labute approximate surface area is 411 Å². The van der Waals surface area contributed by atoms with E-state index in [-0.39, 0.29) is 82.7 Å². The van der Waals surface area contributed by atoms with Crippen LogP contribution < -0.4 is 5.73 Å². The van der Waals surface area contributed by atoms with Gasteiger partial charge in [0.05, 0.1) is 45.9 Å². The molecule has 0 atom stereocenters. The van der Waals surface area contributed by atoms with Gasteiger partial charge in [-0.15, -0.1) is 0 Å². The predicted molar refractivity (Wildman–Crippen MR) is 277 cm³/mol. The Morgan fingerprint density at radius 3 is 0.731 bits per heavy atom. The van der Waals surface area contributed by atoms with Gasteiger partial charge >= 0.3 is 0 Å². The Kier molecular flexibility index (Phi) is 45.0. The van der Waals surface area contributed by atoms with E-state index in [1.165, 1.54) is 108 Å². The number of aliphatic hydroxyl groups excluding tert-OH is 2. The first kappa shape index (κ1) is 64.2. The van der Waals surface area contributed by atoms with Gasteiger partial charge in [-0.1, -0.05) is 207 Å². The second-order valence-corrected chi connectivity index (χ2v) is 19.4. The Morgan fingerprint density at radius 2 is 0.507 bits per heavy atom. The minimum Gasteiger partial charge on any atom is -0.395 e. The number of nitrogens with zero attached hydrogens (tertiary/aromatic N) is 5. The zero-order chi connectivity index (χ0) is 49.6. The highest BCUT2D eigenvalue weighted by Crippen LogP contribution is 2.15. The van der Waals surface area contributed by atoms with E-state index in [9.17, 15) is 34.2 Å². The van der Waals surface area contributed by atoms with Crippen LogP contribution in [0, 0.1) is 0 Å². The molecule has 0 fully saturated rings. The zero-order valence-corrected chi connectivity index (χ0v) is 44.1. The van der Waals surface area contributed by atoms with Gasteiger partial charge in [-0.3, -0.25) is 28.9 Å². The van der Waals surface area contributed by atoms with Crippen molar-refractivity contribution in [3.63, 3.8) is 0 Å². The first-order valence-electron chi connectivity index (χ1n) is 27.9. The van der Waals surface area contributed by atoms with E-state index < -0.39 is 5.91 Å². The molecule has 0 aromatic rings. The quantitative estimate of drug-likeness (QED) is 0.0507. The molecule has 0 aromatic heterocycles. The minimum absolute atomic E-state index is 0.0301. The fraction of sp³-hybridized carbons (Fsp3) is 0.907. The van der Waals surface area contributed by atoms with Crippen LogP contribution in [0.3, 0.4) is 0 Å². The molecule has 0 aromatic carbocycles. The van der Waals surface area contributed by atoms with Crippen LogP contribution >= 0.6 is 0 Å². The average Bonchev–Trinajstić information content (AvgIpc) is 3.30. The number of aliphatic hydroxyl groups is 2. The number of carbonyl (C=O) groups excluding carboxylic acids is 5. The van der Waals surface area contributed by atoms with Crippen molar-refractivity contribution < 1.29 is 34.2 Å². The summed E-state index contributed by atoms with van der Waals surface area (Å²) in [5.41, 5.74) is 5.65. The molecule has 0 unspecified atom stereocenters. The summed E-state index contributed by atoms with van der Waals surface area (Å²) in [6, 6.07) is 0. The molecule has 0 aliphatic rings. The maximum absolute atomic E-state index is 14.5. The van der Waals surface area contributed by atoms with Gasteiger partial charge in [-0.05, 0) is 25.7 Å². The fourth-order valence-electron chi connectivity index (χ4n) is 8.74. The molecule has 0 heterocycles. The van der Waals surface area contributed by atoms with E-state index in [1.807, 2.05) is 0 Å². The molecule has 0 spiro atoms. The van der Waals surface area contributed by atoms with Crippen LogP contribution in [0.5, 0.6) is 0 Å². The number of primary amides is 1. The highest BCUT2D eigenvalue weighted by atomic mass is 16.3. The van der Waals surface area contributed by atoms with Crippen LogP contribution in [-0.2, 0) is 24.0 Å². The Bertz CT molecular complexity index is 1200. The first-order chi connectivity index (χ1) is 32.6. The van der Waals surface area contributed by atoms with Crippen LogP contribution in [-0.4, -0.2) is 149 Å². The molecule has 0 saturated carbocycles. The maximum Gasteiger partial charge on any atom is 0.242 e. The van der Waals surface area contributed by atoms with Crippen molar-refractivity contribution in [2.75, 3.05) is 85.2 Å². The molecule has 0 rings (SSSR count). The van der Waals surface area contributed by atoms with Crippen LogP contribution in [0.1, 0.15) is 233 Å². The summed E-state index contributed by atoms with van der Waals surface area (Å²) in [5.74, 6) is -1.76. The highest BCUT2D eigenvalue weighted by molar-refractivity contribution is 5.91. The molecule has 0 aliphatic carbocycles. The van der Waals surface area contributed by atoms with Crippen molar-refractivity contribution in [3.05, 3.63) is 0 Å². The van der Waals surface area contributed by atoms with Crippen molar-refractivity contribution >= 4 is 29.5 Å². The smallest absolute Gasteiger partial charge is 0.242 e. The molecular formula is C54H106N6O7. The van der Waals surface area contributed by atoms with Crippen molar-refractivity contribution in [2.24, 2.45) is 5.73 Å². The molecule has 13 heteroatoms. The van der Waals surface area contributed by atoms with Gasteiger partial charge in [0.25, 0.3) is 0 Å². The lowest BCUT2D eigenvalue weighted by atomic mass is 10.1. The molecule has 0 radical (unpaired) electrons. The summed E-state index contributed by atoms with van der Waals surface area (Å²) in [6.45, 7) is 9.73. The third-order valence-electron chi connectivity index (χ3n) is 13.1. The monoisotopic (exact) mass is 951 g/mol. The fourth-order valence-corrected chi connectivity index (χ4v) is 8.74. The van der Waals surface area contributed by atoms with E-state index in [1.54, 1.807) is 19.6 Å². The lowest BCUT2D eigenvalue weighted by Crippen LogP contribution is -2.51. The maximum atomic E-state index is 14.5. The van der Waals surface area contributed by atoms with E-state index in [2.05, 4.69) is 27.7 Å². The molecule has 0 bridgehead atoms. The second-order valence-electron chi connectivity index (χ2n) is 19.4. The van der Waals surface area contributed by atoms with E-state index in [0.29, 0.717) is 26.2 Å². The highest BCUT2D eigenvalue weighted by Gasteiger charge is 2.28. The third-order valence-corrected chi connectivity index (χ3v) is 13.1. The van der Waals surface area contributed by atoms with Crippen molar-refractivity contribution in [1.29, 1.82) is 0 Å². The molecule has 5 amide bonds. The Morgan fingerprint density at radius 1 is 0.299 bits per heavy atom. The van der Waals surface area contributed by atoms with Gasteiger partial charge in [0.15, 0.2) is 0 Å². The van der Waals surface area contributed by atoms with Gasteiger partial charge in [-0.2, -0.15) is 0 Å². The topological polar surface area (TPSA) is 168 Å². The van der Waals surface area contributed by atoms with E-state index >= 15 is 0 Å². The summed E-state index contributed by atoms with van der Waals surface area (Å²) >= 11 is 0. The third kappa shape index (κ3) is 37.8. The van der Waals surface area contributed by atoms with Gasteiger partial charge in [0.2, 0.25) is 29.5 Å². The predicted octanol–water partition coefficient (Wildman–Crippen LogP) is 9.64. The van der Waals surface area contributed by atoms with Gasteiger partial charge in [-0.25, -0.2) is 0 Å². The minimum atomic E-state index is -0.585. The summed E-state index contributed by atoms with van der Waals surface area (Å²) in [7, 11) is 0. The lowest BCUT2D eigenvalue weighted by Gasteiger charge is -2.32. The van der Waals surface area contributed by atoms with Crippen molar-refractivity contribution in [3.8, 4) is 0 Å². The summed E-state index contributed by atoms with van der Waals surface area (Å²) < 4.78 is 0. The van der Waals surface area contributed by atoms with E-state index in [4.69, 9.17) is 5.73 Å². The molecule has 13 nitrogen and oxygen atoms in total. The molecule has 4 N–H and O–H groups in total. The molecule has 394 valence electrons. The summed E-state index contributed by atoms with van der Waals surface area (Å²) in [4.78, 5) is 77.1. The van der Waals surface area contributed by atoms with Gasteiger partial charge < -0.3 is 35.5 Å². The van der Waals surface area contributed by atoms with Gasteiger partial charge in [0, 0.05) is 39.3 Å². The van der Waals surface area contributed by atoms with Crippen LogP contribution in [0.25, 0.3) is 0 Å². The molecular weight excluding hydrogens is 845 g/mol. The number of carbonyl (C=O) groups is 5. The molecule has 0 saturated heterocycles. The normalized spacial score (nSPS) is 11.3.